The topological polar surface area (TPSA) is 125 Å². The molecule has 9 nitrogen and oxygen atoms in total. The van der Waals surface area contributed by atoms with Gasteiger partial charge in [-0.05, 0) is 73.5 Å². The smallest absolute Gasteiger partial charge is 0.339 e. The van der Waals surface area contributed by atoms with Crippen LogP contribution in [-0.2, 0) is 10.1 Å². The SMILES string of the molecule is O=C(Nc1ccc(F)cc1)Nc1nc2cc(OS(=O)(=O)c3ccc(NC4CCCC4)cc3)ccc2[nH]1. The van der Waals surface area contributed by atoms with Crippen LogP contribution in [-0.4, -0.2) is 30.5 Å². The summed E-state index contributed by atoms with van der Waals surface area (Å²) in [5.74, 6) is -0.175. The molecular weight excluding hydrogens is 485 g/mol. The Hall–Kier alpha value is -4.12. The van der Waals surface area contributed by atoms with Crippen molar-refractivity contribution in [2.24, 2.45) is 0 Å². The van der Waals surface area contributed by atoms with Crippen LogP contribution in [0.4, 0.5) is 26.5 Å². The summed E-state index contributed by atoms with van der Waals surface area (Å²) in [4.78, 5) is 19.4. The van der Waals surface area contributed by atoms with E-state index in [0.29, 0.717) is 22.8 Å². The zero-order valence-electron chi connectivity index (χ0n) is 19.1. The number of hydrogen-bond acceptors (Lipinski definition) is 6. The first-order chi connectivity index (χ1) is 17.3. The summed E-state index contributed by atoms with van der Waals surface area (Å²) in [6.07, 6.45) is 4.65. The molecule has 3 aromatic carbocycles. The Labute approximate surface area is 207 Å². The van der Waals surface area contributed by atoms with Gasteiger partial charge in [0.05, 0.1) is 11.0 Å². The maximum atomic E-state index is 13.0. The van der Waals surface area contributed by atoms with Gasteiger partial charge in [-0.3, -0.25) is 5.32 Å². The number of amides is 2. The summed E-state index contributed by atoms with van der Waals surface area (Å²) < 4.78 is 43.9. The lowest BCUT2D eigenvalue weighted by atomic mass is 10.2. The highest BCUT2D eigenvalue weighted by molar-refractivity contribution is 7.87. The Morgan fingerprint density at radius 2 is 1.64 bits per heavy atom. The van der Waals surface area contributed by atoms with Crippen LogP contribution in [0.1, 0.15) is 25.7 Å². The molecule has 0 saturated heterocycles. The van der Waals surface area contributed by atoms with Crippen molar-refractivity contribution in [1.82, 2.24) is 9.97 Å². The van der Waals surface area contributed by atoms with Gasteiger partial charge in [-0.2, -0.15) is 8.42 Å². The van der Waals surface area contributed by atoms with E-state index in [1.807, 2.05) is 0 Å². The predicted molar refractivity (Wildman–Crippen MR) is 135 cm³/mol. The van der Waals surface area contributed by atoms with Crippen molar-refractivity contribution in [3.8, 4) is 5.75 Å². The van der Waals surface area contributed by atoms with E-state index in [-0.39, 0.29) is 16.6 Å². The second-order valence-corrected chi connectivity index (χ2v) is 10.1. The Kier molecular flexibility index (Phi) is 6.47. The summed E-state index contributed by atoms with van der Waals surface area (Å²) in [5, 5.41) is 8.53. The van der Waals surface area contributed by atoms with Crippen molar-refractivity contribution >= 4 is 44.5 Å². The standard InChI is InChI=1S/C25H24FN5O4S/c26-16-5-7-19(8-6-16)28-25(32)31-24-29-22-14-11-20(15-23(22)30-24)35-36(33,34)21-12-9-18(10-13-21)27-17-3-1-2-4-17/h5-15,17,27H,1-4H2,(H3,28,29,30,31,32). The second kappa shape index (κ2) is 9.86. The van der Waals surface area contributed by atoms with Crippen molar-refractivity contribution in [3.63, 3.8) is 0 Å². The molecule has 1 aliphatic carbocycles. The Balaban J connectivity index is 1.24. The lowest BCUT2D eigenvalue weighted by Crippen LogP contribution is -2.20. The van der Waals surface area contributed by atoms with Gasteiger partial charge in [-0.15, -0.1) is 0 Å². The normalized spacial score (nSPS) is 14.0. The minimum Gasteiger partial charge on any atom is -0.382 e. The van der Waals surface area contributed by atoms with Crippen molar-refractivity contribution in [2.45, 2.75) is 36.6 Å². The number of carbonyl (C=O) groups excluding carboxylic acids is 1. The lowest BCUT2D eigenvalue weighted by Gasteiger charge is -2.14. The number of rotatable bonds is 7. The number of nitrogens with zero attached hydrogens (tertiary/aromatic N) is 1. The fourth-order valence-corrected chi connectivity index (χ4v) is 5.02. The summed E-state index contributed by atoms with van der Waals surface area (Å²) >= 11 is 0. The second-order valence-electron chi connectivity index (χ2n) is 8.54. The summed E-state index contributed by atoms with van der Waals surface area (Å²) in [6, 6.07) is 16.2. The molecule has 186 valence electrons. The first-order valence-corrected chi connectivity index (χ1v) is 12.9. The fourth-order valence-electron chi connectivity index (χ4n) is 4.10. The molecule has 1 aliphatic rings. The Bertz CT molecular complexity index is 1480. The average Bonchev–Trinajstić information content (AvgIpc) is 3.50. The van der Waals surface area contributed by atoms with Gasteiger partial charge in [0, 0.05) is 23.5 Å². The quantitative estimate of drug-likeness (QED) is 0.245. The number of carbonyl (C=O) groups is 1. The van der Waals surface area contributed by atoms with Gasteiger partial charge in [0.2, 0.25) is 5.95 Å². The average molecular weight is 510 g/mol. The third kappa shape index (κ3) is 5.57. The minimum absolute atomic E-state index is 0.0430. The molecule has 1 aromatic heterocycles. The molecule has 0 atom stereocenters. The van der Waals surface area contributed by atoms with Crippen LogP contribution in [0.2, 0.25) is 0 Å². The number of aromatic amines is 1. The first-order valence-electron chi connectivity index (χ1n) is 11.5. The zero-order valence-corrected chi connectivity index (χ0v) is 19.9. The number of nitrogens with one attached hydrogen (secondary N) is 4. The van der Waals surface area contributed by atoms with Crippen LogP contribution in [0.15, 0.2) is 71.6 Å². The molecule has 0 aliphatic heterocycles. The molecule has 5 rings (SSSR count). The van der Waals surface area contributed by atoms with E-state index in [0.717, 1.165) is 18.5 Å². The Morgan fingerprint density at radius 1 is 0.944 bits per heavy atom. The third-order valence-corrected chi connectivity index (χ3v) is 7.12. The van der Waals surface area contributed by atoms with Gasteiger partial charge in [0.25, 0.3) is 0 Å². The molecule has 1 saturated carbocycles. The van der Waals surface area contributed by atoms with E-state index >= 15 is 0 Å². The molecule has 0 bridgehead atoms. The highest BCUT2D eigenvalue weighted by atomic mass is 32.2. The minimum atomic E-state index is -4.05. The summed E-state index contributed by atoms with van der Waals surface area (Å²) in [6.45, 7) is 0. The van der Waals surface area contributed by atoms with Gasteiger partial charge in [0.1, 0.15) is 16.5 Å². The summed E-state index contributed by atoms with van der Waals surface area (Å²) in [5.41, 5.74) is 2.26. The molecule has 36 heavy (non-hydrogen) atoms. The van der Waals surface area contributed by atoms with Crippen LogP contribution in [0.3, 0.4) is 0 Å². The first kappa shape index (κ1) is 23.6. The van der Waals surface area contributed by atoms with Crippen molar-refractivity contribution in [2.75, 3.05) is 16.0 Å². The van der Waals surface area contributed by atoms with Crippen LogP contribution in [0.25, 0.3) is 11.0 Å². The van der Waals surface area contributed by atoms with Crippen molar-refractivity contribution < 1.29 is 21.8 Å². The maximum Gasteiger partial charge on any atom is 0.339 e. The number of H-pyrrole nitrogens is 1. The zero-order chi connectivity index (χ0) is 25.1. The van der Waals surface area contributed by atoms with E-state index in [1.165, 1.54) is 61.4 Å². The van der Waals surface area contributed by atoms with E-state index in [2.05, 4.69) is 25.9 Å². The number of hydrogen-bond donors (Lipinski definition) is 4. The van der Waals surface area contributed by atoms with Crippen LogP contribution < -0.4 is 20.1 Å². The largest absolute Gasteiger partial charge is 0.382 e. The van der Waals surface area contributed by atoms with E-state index in [1.54, 1.807) is 18.2 Å². The molecule has 1 fully saturated rings. The third-order valence-electron chi connectivity index (χ3n) is 5.86. The van der Waals surface area contributed by atoms with Crippen LogP contribution in [0, 0.1) is 5.82 Å². The Morgan fingerprint density at radius 3 is 2.36 bits per heavy atom. The molecule has 4 N–H and O–H groups in total. The van der Waals surface area contributed by atoms with Gasteiger partial charge >= 0.3 is 16.1 Å². The highest BCUT2D eigenvalue weighted by Crippen LogP contribution is 2.26. The van der Waals surface area contributed by atoms with E-state index < -0.39 is 22.0 Å². The monoisotopic (exact) mass is 509 g/mol. The number of urea groups is 1. The molecule has 0 spiro atoms. The van der Waals surface area contributed by atoms with Crippen molar-refractivity contribution in [1.29, 1.82) is 0 Å². The molecule has 0 unspecified atom stereocenters. The summed E-state index contributed by atoms with van der Waals surface area (Å²) in [7, 11) is -4.05. The van der Waals surface area contributed by atoms with Crippen LogP contribution in [0.5, 0.6) is 5.75 Å². The molecule has 0 radical (unpaired) electrons. The fraction of sp³-hybridized carbons (Fsp3) is 0.200. The number of halogens is 1. The van der Waals surface area contributed by atoms with Gasteiger partial charge in [-0.25, -0.2) is 14.2 Å². The maximum absolute atomic E-state index is 13.0. The van der Waals surface area contributed by atoms with E-state index in [9.17, 15) is 17.6 Å². The van der Waals surface area contributed by atoms with Gasteiger partial charge in [0.15, 0.2) is 0 Å². The van der Waals surface area contributed by atoms with E-state index in [4.69, 9.17) is 4.18 Å². The van der Waals surface area contributed by atoms with Gasteiger partial charge < -0.3 is 19.8 Å². The molecule has 11 heteroatoms. The van der Waals surface area contributed by atoms with Crippen LogP contribution >= 0.6 is 0 Å². The lowest BCUT2D eigenvalue weighted by molar-refractivity contribution is 0.262. The number of benzene rings is 3. The molecular formula is C25H24FN5O4S. The number of aromatic nitrogens is 2. The number of anilines is 3. The number of fused-ring (bicyclic) bond motifs is 1. The number of imidazole rings is 1. The van der Waals surface area contributed by atoms with Crippen molar-refractivity contribution in [3.05, 3.63) is 72.5 Å². The predicted octanol–water partition coefficient (Wildman–Crippen LogP) is 5.47. The molecule has 1 heterocycles. The molecule has 4 aromatic rings. The highest BCUT2D eigenvalue weighted by Gasteiger charge is 2.19. The van der Waals surface area contributed by atoms with Gasteiger partial charge in [-0.1, -0.05) is 12.8 Å². The molecule has 2 amide bonds.